The van der Waals surface area contributed by atoms with Crippen LogP contribution in [0.25, 0.3) is 5.65 Å². The van der Waals surface area contributed by atoms with Crippen LogP contribution in [0, 0.1) is 6.92 Å². The van der Waals surface area contributed by atoms with Crippen molar-refractivity contribution < 1.29 is 4.79 Å². The summed E-state index contributed by atoms with van der Waals surface area (Å²) in [5.74, 6) is 0.110. The molecule has 1 aliphatic rings. The number of pyridine rings is 1. The Morgan fingerprint density at radius 1 is 1.29 bits per heavy atom. The Hall–Kier alpha value is -1.84. The molecule has 3 heterocycles. The van der Waals surface area contributed by atoms with E-state index in [1.165, 1.54) is 0 Å². The lowest BCUT2D eigenvalue weighted by molar-refractivity contribution is 0.0785. The summed E-state index contributed by atoms with van der Waals surface area (Å²) in [6.45, 7) is 3.65. The number of fused-ring (bicyclic) bond motifs is 1. The molecule has 0 aromatic carbocycles. The summed E-state index contributed by atoms with van der Waals surface area (Å²) >= 11 is 0. The molecule has 0 aliphatic carbocycles. The number of aromatic nitrogens is 2. The summed E-state index contributed by atoms with van der Waals surface area (Å²) in [5.41, 5.74) is 2.36. The highest BCUT2D eigenvalue weighted by molar-refractivity contribution is 5.94. The lowest BCUT2D eigenvalue weighted by Crippen LogP contribution is -2.29. The van der Waals surface area contributed by atoms with E-state index in [1.807, 2.05) is 40.6 Å². The Labute approximate surface area is 99.9 Å². The summed E-state index contributed by atoms with van der Waals surface area (Å²) < 4.78 is 1.88. The molecule has 1 fully saturated rings. The van der Waals surface area contributed by atoms with E-state index in [4.69, 9.17) is 0 Å². The topological polar surface area (TPSA) is 37.6 Å². The van der Waals surface area contributed by atoms with Crippen molar-refractivity contribution in [1.29, 1.82) is 0 Å². The van der Waals surface area contributed by atoms with Gasteiger partial charge in [-0.15, -0.1) is 0 Å². The highest BCUT2D eigenvalue weighted by Crippen LogP contribution is 2.17. The molecule has 0 unspecified atom stereocenters. The molecule has 0 bridgehead atoms. The van der Waals surface area contributed by atoms with Crippen LogP contribution >= 0.6 is 0 Å². The van der Waals surface area contributed by atoms with E-state index in [1.54, 1.807) is 0 Å². The molecule has 0 spiro atoms. The fourth-order valence-corrected chi connectivity index (χ4v) is 2.44. The number of rotatable bonds is 1. The third-order valence-electron chi connectivity index (χ3n) is 3.30. The first-order valence-electron chi connectivity index (χ1n) is 6.00. The van der Waals surface area contributed by atoms with E-state index >= 15 is 0 Å². The normalized spacial score (nSPS) is 15.7. The number of carbonyl (C=O) groups excluding carboxylic acids is 1. The number of amides is 1. The molecule has 1 saturated heterocycles. The third kappa shape index (κ3) is 1.60. The van der Waals surface area contributed by atoms with Crippen LogP contribution in [0.4, 0.5) is 0 Å². The number of carbonyl (C=O) groups is 1. The number of hydrogen-bond acceptors (Lipinski definition) is 2. The van der Waals surface area contributed by atoms with Crippen molar-refractivity contribution in [1.82, 2.24) is 14.3 Å². The molecule has 4 nitrogen and oxygen atoms in total. The zero-order valence-corrected chi connectivity index (χ0v) is 9.89. The monoisotopic (exact) mass is 229 g/mol. The Balaban J connectivity index is 2.09. The quantitative estimate of drug-likeness (QED) is 0.748. The van der Waals surface area contributed by atoms with Gasteiger partial charge in [0.25, 0.3) is 5.91 Å². The molecule has 1 aliphatic heterocycles. The van der Waals surface area contributed by atoms with Crippen molar-refractivity contribution in [2.75, 3.05) is 13.1 Å². The smallest absolute Gasteiger partial charge is 0.272 e. The van der Waals surface area contributed by atoms with Gasteiger partial charge in [0.05, 0.1) is 5.69 Å². The molecular weight excluding hydrogens is 214 g/mol. The van der Waals surface area contributed by atoms with Gasteiger partial charge in [-0.05, 0) is 31.9 Å². The van der Waals surface area contributed by atoms with Crippen molar-refractivity contribution in [3.63, 3.8) is 0 Å². The minimum atomic E-state index is 0.110. The van der Waals surface area contributed by atoms with Crippen molar-refractivity contribution in [3.05, 3.63) is 35.8 Å². The van der Waals surface area contributed by atoms with E-state index in [0.29, 0.717) is 5.69 Å². The van der Waals surface area contributed by atoms with Gasteiger partial charge in [-0.3, -0.25) is 9.20 Å². The predicted molar refractivity (Wildman–Crippen MR) is 65.1 cm³/mol. The highest BCUT2D eigenvalue weighted by Gasteiger charge is 2.24. The summed E-state index contributed by atoms with van der Waals surface area (Å²) in [7, 11) is 0. The van der Waals surface area contributed by atoms with Crippen LogP contribution in [0.15, 0.2) is 24.4 Å². The van der Waals surface area contributed by atoms with E-state index in [0.717, 1.165) is 37.3 Å². The minimum Gasteiger partial charge on any atom is -0.337 e. The van der Waals surface area contributed by atoms with Crippen LogP contribution in [0.1, 0.15) is 29.0 Å². The second kappa shape index (κ2) is 3.87. The number of likely N-dealkylation sites (tertiary alicyclic amines) is 1. The molecule has 17 heavy (non-hydrogen) atoms. The average molecular weight is 229 g/mol. The first-order chi connectivity index (χ1) is 8.27. The van der Waals surface area contributed by atoms with Gasteiger partial charge in [0, 0.05) is 19.3 Å². The first kappa shape index (κ1) is 10.3. The van der Waals surface area contributed by atoms with Gasteiger partial charge in [0.15, 0.2) is 0 Å². The Bertz CT molecular complexity index is 567. The minimum absolute atomic E-state index is 0.110. The molecule has 1 amide bonds. The fraction of sp³-hybridized carbons (Fsp3) is 0.385. The number of nitrogens with zero attached hydrogens (tertiary/aromatic N) is 3. The first-order valence-corrected chi connectivity index (χ1v) is 6.00. The zero-order chi connectivity index (χ0) is 11.8. The van der Waals surface area contributed by atoms with Crippen LogP contribution in [-0.4, -0.2) is 33.3 Å². The second-order valence-corrected chi connectivity index (χ2v) is 4.47. The standard InChI is InChI=1S/C13H15N3O/c1-10-12(13(17)15-7-4-5-8-15)16-9-3-2-6-11(16)14-10/h2-3,6,9H,4-5,7-8H2,1H3. The lowest BCUT2D eigenvalue weighted by atomic mass is 10.3. The Morgan fingerprint density at radius 2 is 2.06 bits per heavy atom. The van der Waals surface area contributed by atoms with Gasteiger partial charge in [-0.25, -0.2) is 4.98 Å². The molecule has 0 saturated carbocycles. The van der Waals surface area contributed by atoms with Crippen LogP contribution in [0.5, 0.6) is 0 Å². The van der Waals surface area contributed by atoms with Crippen LogP contribution < -0.4 is 0 Å². The summed E-state index contributed by atoms with van der Waals surface area (Å²) in [6.07, 6.45) is 4.13. The molecule has 0 atom stereocenters. The maximum atomic E-state index is 12.4. The highest BCUT2D eigenvalue weighted by atomic mass is 16.2. The molecule has 2 aromatic heterocycles. The average Bonchev–Trinajstić information content (AvgIpc) is 2.94. The zero-order valence-electron chi connectivity index (χ0n) is 9.89. The fourth-order valence-electron chi connectivity index (χ4n) is 2.44. The molecule has 0 N–H and O–H groups in total. The maximum absolute atomic E-state index is 12.4. The van der Waals surface area contributed by atoms with Gasteiger partial charge < -0.3 is 4.90 Å². The molecule has 2 aromatic rings. The lowest BCUT2D eigenvalue weighted by Gasteiger charge is -2.15. The van der Waals surface area contributed by atoms with Crippen LogP contribution in [-0.2, 0) is 0 Å². The molecule has 3 rings (SSSR count). The van der Waals surface area contributed by atoms with E-state index in [2.05, 4.69) is 4.98 Å². The molecule has 88 valence electrons. The summed E-state index contributed by atoms with van der Waals surface area (Å²) in [5, 5.41) is 0. The molecular formula is C13H15N3O. The largest absolute Gasteiger partial charge is 0.337 e. The van der Waals surface area contributed by atoms with Gasteiger partial charge in [-0.1, -0.05) is 6.07 Å². The van der Waals surface area contributed by atoms with Crippen molar-refractivity contribution in [2.45, 2.75) is 19.8 Å². The SMILES string of the molecule is Cc1nc2ccccn2c1C(=O)N1CCCC1. The van der Waals surface area contributed by atoms with Gasteiger partial charge in [-0.2, -0.15) is 0 Å². The van der Waals surface area contributed by atoms with E-state index in [-0.39, 0.29) is 5.91 Å². The van der Waals surface area contributed by atoms with E-state index in [9.17, 15) is 4.79 Å². The maximum Gasteiger partial charge on any atom is 0.272 e. The van der Waals surface area contributed by atoms with Crippen molar-refractivity contribution in [3.8, 4) is 0 Å². The number of aryl methyl sites for hydroxylation is 1. The van der Waals surface area contributed by atoms with Crippen LogP contribution in [0.2, 0.25) is 0 Å². The number of hydrogen-bond donors (Lipinski definition) is 0. The summed E-state index contributed by atoms with van der Waals surface area (Å²) in [6, 6.07) is 5.79. The van der Waals surface area contributed by atoms with Crippen LogP contribution in [0.3, 0.4) is 0 Å². The predicted octanol–water partition coefficient (Wildman–Crippen LogP) is 1.88. The van der Waals surface area contributed by atoms with Crippen molar-refractivity contribution in [2.24, 2.45) is 0 Å². The van der Waals surface area contributed by atoms with Gasteiger partial charge in [0.1, 0.15) is 11.3 Å². The third-order valence-corrected chi connectivity index (χ3v) is 3.30. The Morgan fingerprint density at radius 3 is 2.82 bits per heavy atom. The Kier molecular flexibility index (Phi) is 2.35. The van der Waals surface area contributed by atoms with Gasteiger partial charge in [0.2, 0.25) is 0 Å². The summed E-state index contributed by atoms with van der Waals surface area (Å²) in [4.78, 5) is 18.7. The van der Waals surface area contributed by atoms with E-state index < -0.39 is 0 Å². The number of imidazole rings is 1. The van der Waals surface area contributed by atoms with Gasteiger partial charge >= 0.3 is 0 Å². The van der Waals surface area contributed by atoms with Crippen molar-refractivity contribution >= 4 is 11.6 Å². The molecule has 4 heteroatoms. The molecule has 0 radical (unpaired) electrons. The second-order valence-electron chi connectivity index (χ2n) is 4.47.